The van der Waals surface area contributed by atoms with Crippen LogP contribution in [-0.2, 0) is 12.8 Å². The zero-order chi connectivity index (χ0) is 8.27. The maximum Gasteiger partial charge on any atom is 0.0932 e. The van der Waals surface area contributed by atoms with E-state index in [1.165, 1.54) is 11.1 Å². The van der Waals surface area contributed by atoms with Crippen LogP contribution in [0.1, 0.15) is 25.0 Å². The molecule has 0 spiro atoms. The van der Waals surface area contributed by atoms with E-state index in [9.17, 15) is 0 Å². The molecule has 2 heteroatoms. The molecular weight excluding hydrogens is 154 g/mol. The lowest BCUT2D eigenvalue weighted by molar-refractivity contribution is 0.973. The van der Waals surface area contributed by atoms with Crippen molar-refractivity contribution in [3.05, 3.63) is 23.4 Å². The molecule has 0 saturated carbocycles. The minimum absolute atomic E-state index is 0.819. The predicted molar refractivity (Wildman–Crippen MR) is 50.2 cm³/mol. The molecule has 60 valence electrons. The smallest absolute Gasteiger partial charge is 0.0932 e. The van der Waals surface area contributed by atoms with Gasteiger partial charge in [-0.2, -0.15) is 0 Å². The lowest BCUT2D eigenvalue weighted by Gasteiger charge is -2.04. The van der Waals surface area contributed by atoms with E-state index < -0.39 is 0 Å². The zero-order valence-electron chi connectivity index (χ0n) is 6.96. The molecule has 0 N–H and O–H groups in total. The van der Waals surface area contributed by atoms with E-state index in [1.54, 1.807) is 0 Å². The molecule has 0 radical (unpaired) electrons. The summed E-state index contributed by atoms with van der Waals surface area (Å²) < 4.78 is 0. The van der Waals surface area contributed by atoms with Crippen LogP contribution in [0.5, 0.6) is 0 Å². The zero-order valence-corrected chi connectivity index (χ0v) is 7.86. The van der Waals surface area contributed by atoms with Crippen LogP contribution in [0, 0.1) is 0 Å². The summed E-state index contributed by atoms with van der Waals surface area (Å²) in [5.74, 6) is 0. The van der Waals surface area contributed by atoms with Crippen molar-refractivity contribution in [2.45, 2.75) is 31.7 Å². The van der Waals surface area contributed by atoms with E-state index in [-0.39, 0.29) is 0 Å². The van der Waals surface area contributed by atoms with E-state index in [0.717, 1.165) is 17.9 Å². The third-order valence-corrected chi connectivity index (χ3v) is 2.07. The maximum absolute atomic E-state index is 4.18. The van der Waals surface area contributed by atoms with Crippen molar-refractivity contribution in [1.29, 1.82) is 0 Å². The maximum atomic E-state index is 4.18. The van der Waals surface area contributed by atoms with E-state index in [2.05, 4.69) is 31.5 Å². The van der Waals surface area contributed by atoms with Gasteiger partial charge in [0.2, 0.25) is 0 Å². The summed E-state index contributed by atoms with van der Waals surface area (Å²) in [6.07, 6.45) is 4.05. The Bertz CT molecular complexity index is 245. The molecule has 0 bridgehead atoms. The molecule has 0 fully saturated rings. The molecule has 0 atom stereocenters. The molecule has 0 aromatic carbocycles. The monoisotopic (exact) mass is 167 g/mol. The number of aromatic nitrogens is 1. The van der Waals surface area contributed by atoms with Gasteiger partial charge in [0.15, 0.2) is 0 Å². The van der Waals surface area contributed by atoms with Crippen molar-refractivity contribution in [1.82, 2.24) is 4.98 Å². The topological polar surface area (TPSA) is 12.9 Å². The summed E-state index contributed by atoms with van der Waals surface area (Å²) in [5, 5.41) is 0.819. The van der Waals surface area contributed by atoms with Gasteiger partial charge in [-0.05, 0) is 30.0 Å². The SMILES string of the molecule is CCc1cnc(S)cc1CC. The summed E-state index contributed by atoms with van der Waals surface area (Å²) in [4.78, 5) is 4.12. The first-order valence-corrected chi connectivity index (χ1v) is 4.39. The Labute approximate surface area is 73.3 Å². The van der Waals surface area contributed by atoms with Crippen molar-refractivity contribution in [3.63, 3.8) is 0 Å². The Morgan fingerprint density at radius 3 is 2.45 bits per heavy atom. The van der Waals surface area contributed by atoms with Crippen molar-refractivity contribution in [3.8, 4) is 0 Å². The molecule has 1 aromatic rings. The first kappa shape index (κ1) is 8.60. The van der Waals surface area contributed by atoms with Crippen LogP contribution in [0.3, 0.4) is 0 Å². The van der Waals surface area contributed by atoms with Crippen LogP contribution >= 0.6 is 12.6 Å². The molecule has 1 heterocycles. The van der Waals surface area contributed by atoms with Gasteiger partial charge in [-0.3, -0.25) is 0 Å². The standard InChI is InChI=1S/C9H13NS/c1-3-7-5-9(11)10-6-8(7)4-2/h5-6H,3-4H2,1-2H3,(H,10,11). The molecule has 0 aliphatic heterocycles. The number of thiol groups is 1. The van der Waals surface area contributed by atoms with E-state index in [4.69, 9.17) is 0 Å². The summed E-state index contributed by atoms with van der Waals surface area (Å²) in [7, 11) is 0. The van der Waals surface area contributed by atoms with E-state index >= 15 is 0 Å². The molecule has 0 amide bonds. The van der Waals surface area contributed by atoms with Crippen LogP contribution in [0.4, 0.5) is 0 Å². The summed E-state index contributed by atoms with van der Waals surface area (Å²) in [5.41, 5.74) is 2.71. The van der Waals surface area contributed by atoms with Crippen molar-refractivity contribution >= 4 is 12.6 Å². The number of rotatable bonds is 2. The predicted octanol–water partition coefficient (Wildman–Crippen LogP) is 2.50. The second kappa shape index (κ2) is 3.77. The van der Waals surface area contributed by atoms with Crippen LogP contribution in [0.15, 0.2) is 17.3 Å². The third kappa shape index (κ3) is 1.96. The fourth-order valence-electron chi connectivity index (χ4n) is 1.16. The van der Waals surface area contributed by atoms with Gasteiger partial charge in [0.1, 0.15) is 0 Å². The molecule has 11 heavy (non-hydrogen) atoms. The van der Waals surface area contributed by atoms with Gasteiger partial charge < -0.3 is 0 Å². The van der Waals surface area contributed by atoms with Crippen molar-refractivity contribution in [2.75, 3.05) is 0 Å². The number of nitrogens with zero attached hydrogens (tertiary/aromatic N) is 1. The second-order valence-electron chi connectivity index (χ2n) is 2.52. The van der Waals surface area contributed by atoms with Crippen LogP contribution in [-0.4, -0.2) is 4.98 Å². The van der Waals surface area contributed by atoms with Crippen LogP contribution in [0.2, 0.25) is 0 Å². The highest BCUT2D eigenvalue weighted by atomic mass is 32.1. The van der Waals surface area contributed by atoms with Gasteiger partial charge >= 0.3 is 0 Å². The lowest BCUT2D eigenvalue weighted by atomic mass is 10.1. The van der Waals surface area contributed by atoms with Crippen LogP contribution in [0.25, 0.3) is 0 Å². The van der Waals surface area contributed by atoms with Gasteiger partial charge in [0, 0.05) is 6.20 Å². The fourth-order valence-corrected chi connectivity index (χ4v) is 1.37. The van der Waals surface area contributed by atoms with Gasteiger partial charge in [-0.15, -0.1) is 12.6 Å². The first-order valence-electron chi connectivity index (χ1n) is 3.94. The number of hydrogen-bond donors (Lipinski definition) is 1. The second-order valence-corrected chi connectivity index (χ2v) is 2.98. The first-order chi connectivity index (χ1) is 5.27. The molecule has 1 rings (SSSR count). The minimum atomic E-state index is 0.819. The average Bonchev–Trinajstić information content (AvgIpc) is 2.04. The van der Waals surface area contributed by atoms with Gasteiger partial charge in [0.05, 0.1) is 5.03 Å². The number of aryl methyl sites for hydroxylation is 2. The molecule has 0 saturated heterocycles. The van der Waals surface area contributed by atoms with Crippen LogP contribution < -0.4 is 0 Å². The highest BCUT2D eigenvalue weighted by molar-refractivity contribution is 7.80. The van der Waals surface area contributed by atoms with Crippen molar-refractivity contribution < 1.29 is 0 Å². The third-order valence-electron chi connectivity index (χ3n) is 1.83. The molecular formula is C9H13NS. The number of pyridine rings is 1. The molecule has 0 unspecified atom stereocenters. The summed E-state index contributed by atoms with van der Waals surface area (Å²) >= 11 is 4.18. The quantitative estimate of drug-likeness (QED) is 0.668. The summed E-state index contributed by atoms with van der Waals surface area (Å²) in [6.45, 7) is 4.30. The highest BCUT2D eigenvalue weighted by Gasteiger charge is 1.98. The minimum Gasteiger partial charge on any atom is -0.250 e. The van der Waals surface area contributed by atoms with Gasteiger partial charge in [-0.25, -0.2) is 4.98 Å². The lowest BCUT2D eigenvalue weighted by Crippen LogP contribution is -1.92. The van der Waals surface area contributed by atoms with Gasteiger partial charge in [0.25, 0.3) is 0 Å². The highest BCUT2D eigenvalue weighted by Crippen LogP contribution is 2.12. The Hall–Kier alpha value is -0.500. The molecule has 1 aromatic heterocycles. The summed E-state index contributed by atoms with van der Waals surface area (Å²) in [6, 6.07) is 2.04. The van der Waals surface area contributed by atoms with E-state index in [0.29, 0.717) is 0 Å². The normalized spacial score (nSPS) is 10.1. The Morgan fingerprint density at radius 1 is 1.27 bits per heavy atom. The van der Waals surface area contributed by atoms with Crippen molar-refractivity contribution in [2.24, 2.45) is 0 Å². The molecule has 1 nitrogen and oxygen atoms in total. The Kier molecular flexibility index (Phi) is 2.94. The Morgan fingerprint density at radius 2 is 1.91 bits per heavy atom. The van der Waals surface area contributed by atoms with E-state index in [1.807, 2.05) is 12.3 Å². The largest absolute Gasteiger partial charge is 0.250 e. The molecule has 0 aliphatic carbocycles. The Balaban J connectivity index is 3.06. The average molecular weight is 167 g/mol. The molecule has 0 aliphatic rings. The van der Waals surface area contributed by atoms with Gasteiger partial charge in [-0.1, -0.05) is 13.8 Å². The fraction of sp³-hybridized carbons (Fsp3) is 0.444. The number of hydrogen-bond acceptors (Lipinski definition) is 2.